The second-order valence-electron chi connectivity index (χ2n) is 5.66. The van der Waals surface area contributed by atoms with Gasteiger partial charge in [-0.15, -0.1) is 0 Å². The molecule has 0 aromatic heterocycles. The fourth-order valence-electron chi connectivity index (χ4n) is 2.57. The molecule has 0 fully saturated rings. The Bertz CT molecular complexity index is 334. The average Bonchev–Trinajstić information content (AvgIpc) is 2.46. The molecule has 20 heavy (non-hydrogen) atoms. The van der Waals surface area contributed by atoms with Crippen molar-refractivity contribution in [1.82, 2.24) is 5.32 Å². The Morgan fingerprint density at radius 1 is 0.950 bits per heavy atom. The first-order chi connectivity index (χ1) is 9.77. The Morgan fingerprint density at radius 3 is 2.30 bits per heavy atom. The van der Waals surface area contributed by atoms with Gasteiger partial charge in [0, 0.05) is 6.54 Å². The molecule has 2 heteroatoms. The minimum Gasteiger partial charge on any atom is -0.316 e. The Kier molecular flexibility index (Phi) is 9.31. The molecule has 1 atom stereocenters. The third kappa shape index (κ3) is 7.04. The van der Waals surface area contributed by atoms with Gasteiger partial charge in [0.05, 0.1) is 0 Å². The third-order valence-corrected chi connectivity index (χ3v) is 3.82. The zero-order valence-corrected chi connectivity index (χ0v) is 13.1. The van der Waals surface area contributed by atoms with Crippen LogP contribution in [0.4, 0.5) is 4.39 Å². The van der Waals surface area contributed by atoms with Gasteiger partial charge >= 0.3 is 0 Å². The summed E-state index contributed by atoms with van der Waals surface area (Å²) in [5.41, 5.74) is 1.27. The number of benzene rings is 1. The molecule has 0 aliphatic carbocycles. The van der Waals surface area contributed by atoms with Gasteiger partial charge < -0.3 is 5.32 Å². The highest BCUT2D eigenvalue weighted by Crippen LogP contribution is 2.22. The predicted octanol–water partition coefficient (Wildman–Crippen LogP) is 5.27. The van der Waals surface area contributed by atoms with E-state index in [1.807, 2.05) is 12.1 Å². The van der Waals surface area contributed by atoms with Crippen LogP contribution in [0.2, 0.25) is 0 Å². The van der Waals surface area contributed by atoms with E-state index in [2.05, 4.69) is 19.2 Å². The summed E-state index contributed by atoms with van der Waals surface area (Å²) in [6.45, 7) is 6.50. The van der Waals surface area contributed by atoms with Gasteiger partial charge in [0.1, 0.15) is 5.82 Å². The van der Waals surface area contributed by atoms with Crippen LogP contribution in [-0.4, -0.2) is 13.1 Å². The van der Waals surface area contributed by atoms with Gasteiger partial charge in [-0.3, -0.25) is 0 Å². The second kappa shape index (κ2) is 10.8. The van der Waals surface area contributed by atoms with Crippen molar-refractivity contribution in [2.75, 3.05) is 13.1 Å². The van der Waals surface area contributed by atoms with Crippen molar-refractivity contribution in [3.8, 4) is 0 Å². The average molecular weight is 279 g/mol. The normalized spacial score (nSPS) is 12.6. The molecule has 0 aliphatic rings. The van der Waals surface area contributed by atoms with Crippen LogP contribution in [0.5, 0.6) is 0 Å². The highest BCUT2D eigenvalue weighted by Gasteiger charge is 2.11. The van der Waals surface area contributed by atoms with Crippen molar-refractivity contribution in [2.45, 2.75) is 64.7 Å². The number of unbranched alkanes of at least 4 members (excludes halogenated alkanes) is 4. The van der Waals surface area contributed by atoms with Crippen LogP contribution in [0.25, 0.3) is 0 Å². The Labute approximate surface area is 124 Å². The van der Waals surface area contributed by atoms with Crippen molar-refractivity contribution in [1.29, 1.82) is 0 Å². The molecule has 1 rings (SSSR count). The third-order valence-electron chi connectivity index (χ3n) is 3.82. The lowest BCUT2D eigenvalue weighted by atomic mass is 9.92. The van der Waals surface area contributed by atoms with Crippen LogP contribution in [-0.2, 0) is 0 Å². The van der Waals surface area contributed by atoms with E-state index in [0.29, 0.717) is 5.92 Å². The summed E-state index contributed by atoms with van der Waals surface area (Å²) in [6, 6.07) is 7.05. The largest absolute Gasteiger partial charge is 0.316 e. The summed E-state index contributed by atoms with van der Waals surface area (Å²) >= 11 is 0. The van der Waals surface area contributed by atoms with Crippen LogP contribution in [0.1, 0.15) is 70.3 Å². The van der Waals surface area contributed by atoms with E-state index in [1.165, 1.54) is 44.1 Å². The Balaban J connectivity index is 2.44. The van der Waals surface area contributed by atoms with E-state index in [4.69, 9.17) is 0 Å². The van der Waals surface area contributed by atoms with Crippen LogP contribution in [0.3, 0.4) is 0 Å². The summed E-state index contributed by atoms with van der Waals surface area (Å²) < 4.78 is 13.0. The first-order valence-electron chi connectivity index (χ1n) is 8.24. The van der Waals surface area contributed by atoms with Crippen molar-refractivity contribution < 1.29 is 4.39 Å². The summed E-state index contributed by atoms with van der Waals surface area (Å²) in [5, 5.41) is 3.51. The molecule has 0 bridgehead atoms. The number of hydrogen-bond donors (Lipinski definition) is 1. The molecule has 1 aromatic rings. The maximum absolute atomic E-state index is 13.0. The summed E-state index contributed by atoms with van der Waals surface area (Å²) in [5.74, 6) is 0.376. The fraction of sp³-hybridized carbons (Fsp3) is 0.667. The molecule has 1 aromatic carbocycles. The SMILES string of the molecule is CCCCCCCC(CNCCC)c1ccc(F)cc1. The van der Waals surface area contributed by atoms with E-state index in [0.717, 1.165) is 19.5 Å². The van der Waals surface area contributed by atoms with Gasteiger partial charge in [0.2, 0.25) is 0 Å². The first kappa shape index (κ1) is 17.2. The lowest BCUT2D eigenvalue weighted by Gasteiger charge is -2.18. The molecule has 0 saturated carbocycles. The number of hydrogen-bond acceptors (Lipinski definition) is 1. The molecule has 1 unspecified atom stereocenters. The zero-order valence-electron chi connectivity index (χ0n) is 13.1. The molecule has 0 aliphatic heterocycles. The van der Waals surface area contributed by atoms with E-state index in [1.54, 1.807) is 12.1 Å². The molecule has 114 valence electrons. The molecule has 1 nitrogen and oxygen atoms in total. The predicted molar refractivity (Wildman–Crippen MR) is 85.7 cm³/mol. The van der Waals surface area contributed by atoms with Crippen LogP contribution >= 0.6 is 0 Å². The number of halogens is 1. The molecule has 0 amide bonds. The summed E-state index contributed by atoms with van der Waals surface area (Å²) in [7, 11) is 0. The van der Waals surface area contributed by atoms with Crippen LogP contribution in [0, 0.1) is 5.82 Å². The maximum atomic E-state index is 13.0. The standard InChI is InChI=1S/C18H30FN/c1-3-5-6-7-8-9-17(15-20-14-4-2)16-10-12-18(19)13-11-16/h10-13,17,20H,3-9,14-15H2,1-2H3. The van der Waals surface area contributed by atoms with Crippen molar-refractivity contribution >= 4 is 0 Å². The highest BCUT2D eigenvalue weighted by molar-refractivity contribution is 5.20. The lowest BCUT2D eigenvalue weighted by molar-refractivity contribution is 0.508. The fourth-order valence-corrected chi connectivity index (χ4v) is 2.57. The molecule has 0 spiro atoms. The maximum Gasteiger partial charge on any atom is 0.123 e. The van der Waals surface area contributed by atoms with E-state index < -0.39 is 0 Å². The van der Waals surface area contributed by atoms with Gasteiger partial charge in [-0.05, 0) is 43.0 Å². The number of nitrogens with one attached hydrogen (secondary N) is 1. The molecular formula is C18H30FN. The van der Waals surface area contributed by atoms with Crippen LogP contribution < -0.4 is 5.32 Å². The molecule has 0 heterocycles. The lowest BCUT2D eigenvalue weighted by Crippen LogP contribution is -2.22. The molecular weight excluding hydrogens is 249 g/mol. The molecule has 0 radical (unpaired) electrons. The highest BCUT2D eigenvalue weighted by atomic mass is 19.1. The van der Waals surface area contributed by atoms with Gasteiger partial charge in [-0.1, -0.05) is 58.1 Å². The van der Waals surface area contributed by atoms with Gasteiger partial charge in [0.15, 0.2) is 0 Å². The van der Waals surface area contributed by atoms with Crippen LogP contribution in [0.15, 0.2) is 24.3 Å². The minimum absolute atomic E-state index is 0.142. The summed E-state index contributed by atoms with van der Waals surface area (Å²) in [6.07, 6.45) is 8.93. The smallest absolute Gasteiger partial charge is 0.123 e. The van der Waals surface area contributed by atoms with E-state index >= 15 is 0 Å². The van der Waals surface area contributed by atoms with Crippen molar-refractivity contribution in [3.63, 3.8) is 0 Å². The van der Waals surface area contributed by atoms with Crippen molar-refractivity contribution in [3.05, 3.63) is 35.6 Å². The number of rotatable bonds is 11. The monoisotopic (exact) mass is 279 g/mol. The first-order valence-corrected chi connectivity index (χ1v) is 8.24. The van der Waals surface area contributed by atoms with E-state index in [9.17, 15) is 4.39 Å². The Hall–Kier alpha value is -0.890. The molecule has 0 saturated heterocycles. The summed E-state index contributed by atoms with van der Waals surface area (Å²) in [4.78, 5) is 0. The zero-order chi connectivity index (χ0) is 14.6. The second-order valence-corrected chi connectivity index (χ2v) is 5.66. The van der Waals surface area contributed by atoms with E-state index in [-0.39, 0.29) is 5.82 Å². The molecule has 1 N–H and O–H groups in total. The van der Waals surface area contributed by atoms with Gasteiger partial charge in [0.25, 0.3) is 0 Å². The quantitative estimate of drug-likeness (QED) is 0.544. The Morgan fingerprint density at radius 2 is 1.65 bits per heavy atom. The van der Waals surface area contributed by atoms with Gasteiger partial charge in [-0.2, -0.15) is 0 Å². The minimum atomic E-state index is -0.142. The van der Waals surface area contributed by atoms with Crippen molar-refractivity contribution in [2.24, 2.45) is 0 Å². The van der Waals surface area contributed by atoms with Gasteiger partial charge in [-0.25, -0.2) is 4.39 Å². The topological polar surface area (TPSA) is 12.0 Å².